The van der Waals surface area contributed by atoms with Gasteiger partial charge in [-0.25, -0.2) is 9.59 Å². The van der Waals surface area contributed by atoms with Crippen LogP contribution in [0, 0.1) is 6.92 Å². The first-order valence-electron chi connectivity index (χ1n) is 10.9. The van der Waals surface area contributed by atoms with E-state index in [0.717, 1.165) is 0 Å². The molecule has 0 fully saturated rings. The molecule has 4 aromatic rings. The van der Waals surface area contributed by atoms with E-state index in [1.54, 1.807) is 48.7 Å². The van der Waals surface area contributed by atoms with Crippen LogP contribution in [0.15, 0.2) is 51.8 Å². The van der Waals surface area contributed by atoms with E-state index in [1.165, 1.54) is 4.57 Å². The molecule has 34 heavy (non-hydrogen) atoms. The second-order valence-electron chi connectivity index (χ2n) is 8.02. The van der Waals surface area contributed by atoms with Crippen molar-refractivity contribution in [3.05, 3.63) is 64.4 Å². The van der Waals surface area contributed by atoms with E-state index in [4.69, 9.17) is 9.26 Å². The van der Waals surface area contributed by atoms with Crippen LogP contribution in [-0.2, 0) is 16.1 Å². The molecule has 1 amide bonds. The van der Waals surface area contributed by atoms with Crippen LogP contribution in [0.2, 0.25) is 0 Å². The molecule has 0 aliphatic heterocycles. The molecule has 0 spiro atoms. The zero-order valence-corrected chi connectivity index (χ0v) is 19.4. The Labute approximate surface area is 195 Å². The number of aryl methyl sites for hydroxylation is 1. The van der Waals surface area contributed by atoms with E-state index in [0.29, 0.717) is 39.6 Å². The summed E-state index contributed by atoms with van der Waals surface area (Å²) in [4.78, 5) is 42.1. The van der Waals surface area contributed by atoms with Crippen LogP contribution in [0.5, 0.6) is 0 Å². The Morgan fingerprint density at radius 1 is 1.12 bits per heavy atom. The zero-order chi connectivity index (χ0) is 24.4. The maximum Gasteiger partial charge on any atom is 0.338 e. The van der Waals surface area contributed by atoms with E-state index in [2.05, 4.69) is 15.5 Å². The van der Waals surface area contributed by atoms with Crippen molar-refractivity contribution in [3.63, 3.8) is 0 Å². The monoisotopic (exact) mass is 463 g/mol. The average molecular weight is 463 g/mol. The number of nitrogens with zero attached hydrogens (tertiary/aromatic N) is 4. The number of esters is 1. The molecular formula is C24H25N5O5. The molecule has 0 aliphatic rings. The van der Waals surface area contributed by atoms with Crippen molar-refractivity contribution in [2.24, 2.45) is 0 Å². The third kappa shape index (κ3) is 4.47. The number of carbonyl (C=O) groups is 2. The standard InChI is InChI=1S/C24H25N5O5/c1-5-33-23(31)16-6-9-18(10-7-16)26-21(30)13-28-20-12-17(22-25-15(4)34-27-22)8-11-19(20)29(14(2)3)24(28)32/h6-12,14H,5,13H2,1-4H3,(H,26,30). The fraction of sp³-hybridized carbons (Fsp3) is 0.292. The topological polar surface area (TPSA) is 121 Å². The lowest BCUT2D eigenvalue weighted by atomic mass is 10.2. The van der Waals surface area contributed by atoms with E-state index in [1.807, 2.05) is 26.0 Å². The molecular weight excluding hydrogens is 438 g/mol. The quantitative estimate of drug-likeness (QED) is 0.416. The Balaban J connectivity index is 1.63. The minimum absolute atomic E-state index is 0.104. The van der Waals surface area contributed by atoms with Crippen molar-refractivity contribution in [2.45, 2.75) is 40.3 Å². The predicted octanol–water partition coefficient (Wildman–Crippen LogP) is 3.56. The Morgan fingerprint density at radius 2 is 1.85 bits per heavy atom. The van der Waals surface area contributed by atoms with Crippen LogP contribution in [0.3, 0.4) is 0 Å². The largest absolute Gasteiger partial charge is 0.462 e. The average Bonchev–Trinajstić information content (AvgIpc) is 3.35. The van der Waals surface area contributed by atoms with Crippen LogP contribution in [0.4, 0.5) is 5.69 Å². The number of ether oxygens (including phenoxy) is 1. The SMILES string of the molecule is CCOC(=O)c1ccc(NC(=O)Cn2c(=O)n(C(C)C)c3ccc(-c4noc(C)n4)cc32)cc1. The molecule has 1 N–H and O–H groups in total. The Kier molecular flexibility index (Phi) is 6.31. The summed E-state index contributed by atoms with van der Waals surface area (Å²) in [6.45, 7) is 7.34. The maximum atomic E-state index is 13.2. The van der Waals surface area contributed by atoms with Crippen molar-refractivity contribution in [1.29, 1.82) is 0 Å². The van der Waals surface area contributed by atoms with Gasteiger partial charge in [-0.2, -0.15) is 4.98 Å². The van der Waals surface area contributed by atoms with Gasteiger partial charge in [-0.05, 0) is 63.2 Å². The normalized spacial score (nSPS) is 11.2. The summed E-state index contributed by atoms with van der Waals surface area (Å²) in [5.74, 6) is 0.0260. The number of benzene rings is 2. The Hall–Kier alpha value is -4.21. The molecule has 0 saturated heterocycles. The molecule has 4 rings (SSSR count). The van der Waals surface area contributed by atoms with Gasteiger partial charge in [-0.3, -0.25) is 13.9 Å². The third-order valence-corrected chi connectivity index (χ3v) is 5.25. The second-order valence-corrected chi connectivity index (χ2v) is 8.02. The van der Waals surface area contributed by atoms with Crippen LogP contribution < -0.4 is 11.0 Å². The van der Waals surface area contributed by atoms with E-state index >= 15 is 0 Å². The molecule has 2 aromatic heterocycles. The Bertz CT molecular complexity index is 1410. The first-order chi connectivity index (χ1) is 16.3. The van der Waals surface area contributed by atoms with Gasteiger partial charge in [0, 0.05) is 24.2 Å². The third-order valence-electron chi connectivity index (χ3n) is 5.25. The highest BCUT2D eigenvalue weighted by Crippen LogP contribution is 2.24. The lowest BCUT2D eigenvalue weighted by Crippen LogP contribution is -2.30. The second kappa shape index (κ2) is 9.34. The number of amides is 1. The predicted molar refractivity (Wildman–Crippen MR) is 126 cm³/mol. The highest BCUT2D eigenvalue weighted by Gasteiger charge is 2.19. The van der Waals surface area contributed by atoms with Gasteiger partial charge in [0.2, 0.25) is 17.6 Å². The number of nitrogens with one attached hydrogen (secondary N) is 1. The summed E-state index contributed by atoms with van der Waals surface area (Å²) in [5, 5.41) is 6.71. The van der Waals surface area contributed by atoms with Crippen LogP contribution >= 0.6 is 0 Å². The first kappa shape index (κ1) is 23.0. The molecule has 176 valence electrons. The van der Waals surface area contributed by atoms with Crippen LogP contribution in [0.25, 0.3) is 22.4 Å². The molecule has 0 bridgehead atoms. The van der Waals surface area contributed by atoms with Gasteiger partial charge in [-0.15, -0.1) is 0 Å². The van der Waals surface area contributed by atoms with E-state index in [-0.39, 0.29) is 30.8 Å². The molecule has 0 aliphatic carbocycles. The lowest BCUT2D eigenvalue weighted by molar-refractivity contribution is -0.116. The Morgan fingerprint density at radius 3 is 2.47 bits per heavy atom. The van der Waals surface area contributed by atoms with Crippen LogP contribution in [0.1, 0.15) is 43.1 Å². The summed E-state index contributed by atoms with van der Waals surface area (Å²) in [6.07, 6.45) is 0. The zero-order valence-electron chi connectivity index (χ0n) is 19.4. The molecule has 0 atom stereocenters. The number of carbonyl (C=O) groups excluding carboxylic acids is 2. The smallest absolute Gasteiger partial charge is 0.338 e. The molecule has 0 unspecified atom stereocenters. The van der Waals surface area contributed by atoms with Gasteiger partial charge < -0.3 is 14.6 Å². The van der Waals surface area contributed by atoms with Gasteiger partial charge in [0.15, 0.2) is 0 Å². The lowest BCUT2D eigenvalue weighted by Gasteiger charge is -2.08. The summed E-state index contributed by atoms with van der Waals surface area (Å²) in [7, 11) is 0. The number of rotatable bonds is 7. The summed E-state index contributed by atoms with van der Waals surface area (Å²) < 4.78 is 13.1. The minimum atomic E-state index is -0.430. The molecule has 10 heteroatoms. The maximum absolute atomic E-state index is 13.2. The van der Waals surface area contributed by atoms with Crippen molar-refractivity contribution in [1.82, 2.24) is 19.3 Å². The minimum Gasteiger partial charge on any atom is -0.462 e. The summed E-state index contributed by atoms with van der Waals surface area (Å²) >= 11 is 0. The molecule has 0 saturated carbocycles. The van der Waals surface area contributed by atoms with Gasteiger partial charge in [0.1, 0.15) is 6.54 Å². The number of imidazole rings is 1. The first-order valence-corrected chi connectivity index (χ1v) is 10.9. The van der Waals surface area contributed by atoms with Crippen molar-refractivity contribution in [2.75, 3.05) is 11.9 Å². The summed E-state index contributed by atoms with van der Waals surface area (Å²) in [5.41, 5.74) is 2.57. The fourth-order valence-electron chi connectivity index (χ4n) is 3.74. The number of aromatic nitrogens is 4. The van der Waals surface area contributed by atoms with Crippen molar-refractivity contribution in [3.8, 4) is 11.4 Å². The highest BCUT2D eigenvalue weighted by molar-refractivity contribution is 5.93. The highest BCUT2D eigenvalue weighted by atomic mass is 16.5. The van der Waals surface area contributed by atoms with Crippen molar-refractivity contribution >= 4 is 28.6 Å². The number of fused-ring (bicyclic) bond motifs is 1. The molecule has 0 radical (unpaired) electrons. The van der Waals surface area contributed by atoms with Gasteiger partial charge >= 0.3 is 11.7 Å². The number of hydrogen-bond acceptors (Lipinski definition) is 7. The number of anilines is 1. The van der Waals surface area contributed by atoms with Gasteiger partial charge in [-0.1, -0.05) is 5.16 Å². The molecule has 2 aromatic carbocycles. The number of hydrogen-bond donors (Lipinski definition) is 1. The summed E-state index contributed by atoms with van der Waals surface area (Å²) in [6, 6.07) is 11.7. The van der Waals surface area contributed by atoms with Gasteiger partial charge in [0.25, 0.3) is 0 Å². The van der Waals surface area contributed by atoms with E-state index < -0.39 is 5.97 Å². The fourth-order valence-corrected chi connectivity index (χ4v) is 3.74. The van der Waals surface area contributed by atoms with E-state index in [9.17, 15) is 14.4 Å². The van der Waals surface area contributed by atoms with Crippen molar-refractivity contribution < 1.29 is 18.8 Å². The molecule has 2 heterocycles. The van der Waals surface area contributed by atoms with Gasteiger partial charge in [0.05, 0.1) is 23.2 Å². The molecule has 10 nitrogen and oxygen atoms in total. The van der Waals surface area contributed by atoms with Crippen LogP contribution in [-0.4, -0.2) is 37.8 Å².